The lowest BCUT2D eigenvalue weighted by Crippen LogP contribution is -2.14. The van der Waals surface area contributed by atoms with E-state index in [1.165, 1.54) is 17.6 Å². The summed E-state index contributed by atoms with van der Waals surface area (Å²) in [6.45, 7) is -0.150. The molecule has 4 nitrogen and oxygen atoms in total. The lowest BCUT2D eigenvalue weighted by molar-refractivity contribution is 0.0663. The van der Waals surface area contributed by atoms with Crippen LogP contribution in [0.5, 0.6) is 0 Å². The van der Waals surface area contributed by atoms with Gasteiger partial charge in [0.05, 0.1) is 17.9 Å². The van der Waals surface area contributed by atoms with Crippen molar-refractivity contribution in [2.75, 3.05) is 19.8 Å². The second-order valence-electron chi connectivity index (χ2n) is 5.44. The SMILES string of the molecule is O=C(COCCO)c1ccc2sncc2c1Cc1ccc(I)cc1F. The second-order valence-corrected chi connectivity index (χ2v) is 7.52. The first kappa shape index (κ1) is 18.4. The molecule has 0 bridgehead atoms. The number of aromatic nitrogens is 1. The number of benzene rings is 2. The molecule has 0 radical (unpaired) electrons. The van der Waals surface area contributed by atoms with E-state index in [1.807, 2.05) is 12.1 Å². The summed E-state index contributed by atoms with van der Waals surface area (Å²) in [6, 6.07) is 8.65. The number of hydrogen-bond donors (Lipinski definition) is 1. The lowest BCUT2D eigenvalue weighted by atomic mass is 9.94. The van der Waals surface area contributed by atoms with Gasteiger partial charge in [0.25, 0.3) is 0 Å². The molecular formula is C18H15FINO3S. The van der Waals surface area contributed by atoms with Crippen LogP contribution in [0.1, 0.15) is 21.5 Å². The van der Waals surface area contributed by atoms with Crippen molar-refractivity contribution in [2.24, 2.45) is 0 Å². The molecule has 130 valence electrons. The molecule has 0 aliphatic rings. The first-order valence-electron chi connectivity index (χ1n) is 7.62. The van der Waals surface area contributed by atoms with Crippen LogP contribution in [0.3, 0.4) is 0 Å². The third-order valence-electron chi connectivity index (χ3n) is 3.80. The number of carbonyl (C=O) groups excluding carboxylic acids is 1. The Morgan fingerprint density at radius 1 is 1.32 bits per heavy atom. The molecule has 0 saturated heterocycles. The highest BCUT2D eigenvalue weighted by molar-refractivity contribution is 14.1. The van der Waals surface area contributed by atoms with Gasteiger partial charge >= 0.3 is 0 Å². The summed E-state index contributed by atoms with van der Waals surface area (Å²) in [5, 5.41) is 9.64. The predicted molar refractivity (Wildman–Crippen MR) is 104 cm³/mol. The van der Waals surface area contributed by atoms with Crippen molar-refractivity contribution < 1.29 is 19.0 Å². The third-order valence-corrected chi connectivity index (χ3v) is 5.24. The second kappa shape index (κ2) is 8.31. The molecule has 0 spiro atoms. The standard InChI is InChI=1S/C18H15FINO3S/c19-16-8-12(20)2-1-11(16)7-14-13(17(23)10-24-6-5-22)3-4-18-15(14)9-21-25-18/h1-4,8-9,22H,5-7,10H2. The van der Waals surface area contributed by atoms with Crippen LogP contribution in [-0.2, 0) is 11.2 Å². The molecule has 0 amide bonds. The highest BCUT2D eigenvalue weighted by Gasteiger charge is 2.17. The summed E-state index contributed by atoms with van der Waals surface area (Å²) in [5.41, 5.74) is 1.79. The number of fused-ring (bicyclic) bond motifs is 1. The highest BCUT2D eigenvalue weighted by Crippen LogP contribution is 2.29. The minimum Gasteiger partial charge on any atom is -0.394 e. The van der Waals surface area contributed by atoms with Crippen molar-refractivity contribution in [3.05, 3.63) is 62.6 Å². The van der Waals surface area contributed by atoms with Gasteiger partial charge in [-0.1, -0.05) is 6.07 Å². The zero-order valence-electron chi connectivity index (χ0n) is 13.2. The fourth-order valence-electron chi connectivity index (χ4n) is 2.61. The zero-order chi connectivity index (χ0) is 17.8. The van der Waals surface area contributed by atoms with Crippen molar-refractivity contribution in [3.8, 4) is 0 Å². The van der Waals surface area contributed by atoms with Gasteiger partial charge in [0, 0.05) is 27.1 Å². The summed E-state index contributed by atoms with van der Waals surface area (Å²) < 4.78 is 25.4. The fourth-order valence-corrected chi connectivity index (χ4v) is 3.74. The monoisotopic (exact) mass is 471 g/mol. The Balaban J connectivity index is 2.00. The van der Waals surface area contributed by atoms with E-state index in [2.05, 4.69) is 27.0 Å². The molecule has 3 rings (SSSR count). The number of ether oxygens (including phenoxy) is 1. The number of aliphatic hydroxyl groups is 1. The molecule has 0 aliphatic carbocycles. The first-order chi connectivity index (χ1) is 12.1. The van der Waals surface area contributed by atoms with Crippen molar-refractivity contribution >= 4 is 50.0 Å². The van der Waals surface area contributed by atoms with Crippen LogP contribution >= 0.6 is 34.1 Å². The predicted octanol–water partition coefficient (Wildman–Crippen LogP) is 3.82. The van der Waals surface area contributed by atoms with Crippen LogP contribution in [-0.4, -0.2) is 35.1 Å². The van der Waals surface area contributed by atoms with Gasteiger partial charge in [0.2, 0.25) is 0 Å². The molecular weight excluding hydrogens is 456 g/mol. The number of nitrogens with zero attached hydrogens (tertiary/aromatic N) is 1. The summed E-state index contributed by atoms with van der Waals surface area (Å²) in [6.07, 6.45) is 2.02. The molecule has 1 heterocycles. The van der Waals surface area contributed by atoms with Crippen molar-refractivity contribution in [1.29, 1.82) is 0 Å². The van der Waals surface area contributed by atoms with E-state index in [0.717, 1.165) is 19.2 Å². The average Bonchev–Trinajstić information content (AvgIpc) is 3.06. The van der Waals surface area contributed by atoms with Crippen molar-refractivity contribution in [1.82, 2.24) is 4.37 Å². The Kier molecular flexibility index (Phi) is 6.10. The number of halogens is 2. The molecule has 0 unspecified atom stereocenters. The van der Waals surface area contributed by atoms with E-state index >= 15 is 0 Å². The van der Waals surface area contributed by atoms with Gasteiger partial charge in [-0.05, 0) is 69.5 Å². The minimum absolute atomic E-state index is 0.106. The summed E-state index contributed by atoms with van der Waals surface area (Å²) >= 11 is 3.40. The molecule has 25 heavy (non-hydrogen) atoms. The van der Waals surface area contributed by atoms with E-state index in [4.69, 9.17) is 9.84 Å². The summed E-state index contributed by atoms with van der Waals surface area (Å²) in [5.74, 6) is -0.482. The average molecular weight is 471 g/mol. The zero-order valence-corrected chi connectivity index (χ0v) is 16.1. The van der Waals surface area contributed by atoms with Gasteiger partial charge in [0.15, 0.2) is 5.78 Å². The van der Waals surface area contributed by atoms with Gasteiger partial charge in [-0.25, -0.2) is 4.39 Å². The van der Waals surface area contributed by atoms with Crippen LogP contribution < -0.4 is 0 Å². The third kappa shape index (κ3) is 4.22. The van der Waals surface area contributed by atoms with Crippen LogP contribution in [0.15, 0.2) is 36.5 Å². The number of Topliss-reactive ketones (excluding diaryl/α,β-unsaturated/α-hetero) is 1. The molecule has 7 heteroatoms. The maximum atomic E-state index is 14.3. The molecule has 0 atom stereocenters. The van der Waals surface area contributed by atoms with Crippen molar-refractivity contribution in [2.45, 2.75) is 6.42 Å². The molecule has 0 aliphatic heterocycles. The van der Waals surface area contributed by atoms with E-state index in [9.17, 15) is 9.18 Å². The minimum atomic E-state index is -0.290. The number of ketones is 1. The maximum absolute atomic E-state index is 14.3. The van der Waals surface area contributed by atoms with Gasteiger partial charge in [-0.2, -0.15) is 4.37 Å². The molecule has 0 saturated carbocycles. The largest absolute Gasteiger partial charge is 0.394 e. The Bertz CT molecular complexity index is 912. The van der Waals surface area contributed by atoms with Gasteiger partial charge in [-0.3, -0.25) is 4.79 Å². The summed E-state index contributed by atoms with van der Waals surface area (Å²) in [7, 11) is 0. The molecule has 3 aromatic rings. The lowest BCUT2D eigenvalue weighted by Gasteiger charge is -2.11. The van der Waals surface area contributed by atoms with E-state index < -0.39 is 0 Å². The van der Waals surface area contributed by atoms with Crippen LogP contribution in [0, 0.1) is 9.39 Å². The van der Waals surface area contributed by atoms with Gasteiger partial charge in [0.1, 0.15) is 12.4 Å². The first-order valence-corrected chi connectivity index (χ1v) is 9.47. The maximum Gasteiger partial charge on any atom is 0.188 e. The van der Waals surface area contributed by atoms with E-state index in [-0.39, 0.29) is 31.4 Å². The Morgan fingerprint density at radius 2 is 2.16 bits per heavy atom. The van der Waals surface area contributed by atoms with E-state index in [0.29, 0.717) is 17.5 Å². The number of carbonyl (C=O) groups is 1. The number of hydrogen-bond acceptors (Lipinski definition) is 5. The quantitative estimate of drug-likeness (QED) is 0.324. The molecule has 1 N–H and O–H groups in total. The Hall–Kier alpha value is -1.42. The Labute approximate surface area is 161 Å². The number of aliphatic hydroxyl groups excluding tert-OH is 1. The van der Waals surface area contributed by atoms with Crippen molar-refractivity contribution in [3.63, 3.8) is 0 Å². The van der Waals surface area contributed by atoms with Gasteiger partial charge < -0.3 is 9.84 Å². The van der Waals surface area contributed by atoms with Crippen LogP contribution in [0.25, 0.3) is 10.1 Å². The normalized spacial score (nSPS) is 11.2. The van der Waals surface area contributed by atoms with Crippen LogP contribution in [0.2, 0.25) is 0 Å². The molecule has 0 fully saturated rings. The fraction of sp³-hybridized carbons (Fsp3) is 0.222. The number of rotatable bonds is 7. The topological polar surface area (TPSA) is 59.4 Å². The molecule has 1 aromatic heterocycles. The summed E-state index contributed by atoms with van der Waals surface area (Å²) in [4.78, 5) is 12.5. The Morgan fingerprint density at radius 3 is 2.92 bits per heavy atom. The van der Waals surface area contributed by atoms with E-state index in [1.54, 1.807) is 18.3 Å². The highest BCUT2D eigenvalue weighted by atomic mass is 127. The molecule has 2 aromatic carbocycles. The van der Waals surface area contributed by atoms with Gasteiger partial charge in [-0.15, -0.1) is 0 Å². The van der Waals surface area contributed by atoms with Crippen LogP contribution in [0.4, 0.5) is 4.39 Å². The smallest absolute Gasteiger partial charge is 0.188 e.